The second-order valence-corrected chi connectivity index (χ2v) is 4.26. The van der Waals surface area contributed by atoms with Gasteiger partial charge in [0, 0.05) is 36.3 Å². The predicted molar refractivity (Wildman–Crippen MR) is 53.7 cm³/mol. The topological polar surface area (TPSA) is 38.9 Å². The summed E-state index contributed by atoms with van der Waals surface area (Å²) in [4.78, 5) is 4.17. The molecule has 1 saturated carbocycles. The molecule has 1 aromatic rings. The van der Waals surface area contributed by atoms with Crippen LogP contribution in [-0.4, -0.2) is 11.0 Å². The predicted octanol–water partition coefficient (Wildman–Crippen LogP) is 1.98. The molecule has 0 bridgehead atoms. The molecule has 0 spiro atoms. The lowest BCUT2D eigenvalue weighted by Crippen LogP contribution is -2.46. The zero-order valence-corrected chi connectivity index (χ0v) is 8.55. The van der Waals surface area contributed by atoms with Crippen molar-refractivity contribution in [3.63, 3.8) is 0 Å². The van der Waals surface area contributed by atoms with Gasteiger partial charge in [0.2, 0.25) is 0 Å². The van der Waals surface area contributed by atoms with E-state index < -0.39 is 5.67 Å². The minimum Gasteiger partial charge on any atom is -0.327 e. The normalized spacial score (nSPS) is 31.3. The Kier molecular flexibility index (Phi) is 2.07. The highest BCUT2D eigenvalue weighted by atomic mass is 19.1. The molecule has 1 aliphatic rings. The van der Waals surface area contributed by atoms with E-state index in [-0.39, 0.29) is 6.04 Å². The van der Waals surface area contributed by atoms with E-state index in [1.165, 1.54) is 0 Å². The van der Waals surface area contributed by atoms with Crippen LogP contribution in [0.25, 0.3) is 0 Å². The third-order valence-electron chi connectivity index (χ3n) is 3.03. The number of alkyl halides is 1. The standard InChI is InChI=1S/C11H15FN2/c1-7-3-9(6-14-8(7)2)11(12)4-10(13)5-11/h3,6,10H,4-5,13H2,1-2H3. The average Bonchev–Trinajstić information content (AvgIpc) is 2.07. The second-order valence-electron chi connectivity index (χ2n) is 4.26. The first-order valence-electron chi connectivity index (χ1n) is 4.89. The number of nitrogens with two attached hydrogens (primary N) is 1. The van der Waals surface area contributed by atoms with E-state index in [4.69, 9.17) is 5.73 Å². The van der Waals surface area contributed by atoms with E-state index in [0.717, 1.165) is 11.3 Å². The Bertz CT molecular complexity index is 356. The van der Waals surface area contributed by atoms with Crippen molar-refractivity contribution in [2.45, 2.75) is 38.4 Å². The van der Waals surface area contributed by atoms with Crippen molar-refractivity contribution in [2.24, 2.45) is 5.73 Å². The molecule has 0 aromatic carbocycles. The summed E-state index contributed by atoms with van der Waals surface area (Å²) in [6, 6.07) is 1.90. The Morgan fingerprint density at radius 3 is 2.64 bits per heavy atom. The van der Waals surface area contributed by atoms with Gasteiger partial charge in [-0.2, -0.15) is 0 Å². The molecule has 0 saturated heterocycles. The van der Waals surface area contributed by atoms with Gasteiger partial charge in [-0.25, -0.2) is 4.39 Å². The summed E-state index contributed by atoms with van der Waals surface area (Å²) in [5.41, 5.74) is 7.07. The number of hydrogen-bond donors (Lipinski definition) is 1. The Labute approximate surface area is 83.3 Å². The molecule has 0 radical (unpaired) electrons. The maximum absolute atomic E-state index is 14.1. The number of halogens is 1. The van der Waals surface area contributed by atoms with Crippen molar-refractivity contribution in [1.82, 2.24) is 4.98 Å². The van der Waals surface area contributed by atoms with Crippen LogP contribution in [-0.2, 0) is 5.67 Å². The first kappa shape index (κ1) is 9.59. The maximum atomic E-state index is 14.1. The number of rotatable bonds is 1. The molecule has 76 valence electrons. The molecule has 0 aliphatic heterocycles. The van der Waals surface area contributed by atoms with Gasteiger partial charge in [0.1, 0.15) is 5.67 Å². The molecule has 2 rings (SSSR count). The second kappa shape index (κ2) is 3.02. The third kappa shape index (κ3) is 1.42. The highest BCUT2D eigenvalue weighted by Gasteiger charge is 2.44. The first-order chi connectivity index (χ1) is 6.51. The Balaban J connectivity index is 2.29. The molecule has 1 fully saturated rings. The molecule has 0 atom stereocenters. The van der Waals surface area contributed by atoms with Crippen LogP contribution in [0.2, 0.25) is 0 Å². The molecule has 1 aliphatic carbocycles. The van der Waals surface area contributed by atoms with Gasteiger partial charge in [-0.3, -0.25) is 4.98 Å². The summed E-state index contributed by atoms with van der Waals surface area (Å²) in [6.45, 7) is 3.88. The van der Waals surface area contributed by atoms with Crippen LogP contribution in [0.15, 0.2) is 12.3 Å². The summed E-state index contributed by atoms with van der Waals surface area (Å²) < 4.78 is 14.1. The Morgan fingerprint density at radius 2 is 2.14 bits per heavy atom. The largest absolute Gasteiger partial charge is 0.327 e. The van der Waals surface area contributed by atoms with Gasteiger partial charge in [0.15, 0.2) is 0 Å². The van der Waals surface area contributed by atoms with E-state index in [0.29, 0.717) is 18.4 Å². The lowest BCUT2D eigenvalue weighted by atomic mass is 9.73. The number of aromatic nitrogens is 1. The monoisotopic (exact) mass is 194 g/mol. The van der Waals surface area contributed by atoms with Crippen LogP contribution in [0.5, 0.6) is 0 Å². The maximum Gasteiger partial charge on any atom is 0.140 e. The van der Waals surface area contributed by atoms with E-state index in [1.807, 2.05) is 19.9 Å². The molecule has 2 N–H and O–H groups in total. The van der Waals surface area contributed by atoms with Gasteiger partial charge in [0.05, 0.1) is 0 Å². The van der Waals surface area contributed by atoms with Gasteiger partial charge >= 0.3 is 0 Å². The van der Waals surface area contributed by atoms with Crippen LogP contribution in [0.4, 0.5) is 4.39 Å². The summed E-state index contributed by atoms with van der Waals surface area (Å²) >= 11 is 0. The number of nitrogens with zero attached hydrogens (tertiary/aromatic N) is 1. The summed E-state index contributed by atoms with van der Waals surface area (Å²) in [6.07, 6.45) is 2.49. The molecule has 14 heavy (non-hydrogen) atoms. The SMILES string of the molecule is Cc1cc(C2(F)CC(N)C2)cnc1C. The van der Waals surface area contributed by atoms with Gasteiger partial charge < -0.3 is 5.73 Å². The number of pyridine rings is 1. The van der Waals surface area contributed by atoms with E-state index >= 15 is 0 Å². The van der Waals surface area contributed by atoms with E-state index in [9.17, 15) is 4.39 Å². The quantitative estimate of drug-likeness (QED) is 0.742. The van der Waals surface area contributed by atoms with Gasteiger partial charge in [-0.1, -0.05) is 0 Å². The average molecular weight is 194 g/mol. The smallest absolute Gasteiger partial charge is 0.140 e. The van der Waals surface area contributed by atoms with Crippen molar-refractivity contribution in [2.75, 3.05) is 0 Å². The fraction of sp³-hybridized carbons (Fsp3) is 0.545. The molecule has 2 nitrogen and oxygen atoms in total. The summed E-state index contributed by atoms with van der Waals surface area (Å²) in [7, 11) is 0. The molecule has 1 aromatic heterocycles. The van der Waals surface area contributed by atoms with Crippen molar-refractivity contribution >= 4 is 0 Å². The lowest BCUT2D eigenvalue weighted by molar-refractivity contribution is 0.0401. The minimum atomic E-state index is -1.22. The third-order valence-corrected chi connectivity index (χ3v) is 3.03. The van der Waals surface area contributed by atoms with E-state index in [1.54, 1.807) is 6.20 Å². The summed E-state index contributed by atoms with van der Waals surface area (Å²) in [5.74, 6) is 0. The first-order valence-corrected chi connectivity index (χ1v) is 4.89. The molecular formula is C11H15FN2. The molecule has 0 amide bonds. The van der Waals surface area contributed by atoms with Crippen LogP contribution in [0.3, 0.4) is 0 Å². The highest BCUT2D eigenvalue weighted by Crippen LogP contribution is 2.44. The fourth-order valence-corrected chi connectivity index (χ4v) is 1.90. The van der Waals surface area contributed by atoms with Crippen molar-refractivity contribution in [3.05, 3.63) is 29.1 Å². The zero-order valence-electron chi connectivity index (χ0n) is 8.55. The Hall–Kier alpha value is -0.960. The van der Waals surface area contributed by atoms with Crippen LogP contribution >= 0.6 is 0 Å². The lowest BCUT2D eigenvalue weighted by Gasteiger charge is -2.39. The van der Waals surface area contributed by atoms with Crippen molar-refractivity contribution in [3.8, 4) is 0 Å². The van der Waals surface area contributed by atoms with Gasteiger partial charge in [0.25, 0.3) is 0 Å². The van der Waals surface area contributed by atoms with Crippen molar-refractivity contribution in [1.29, 1.82) is 0 Å². The molecule has 3 heteroatoms. The highest BCUT2D eigenvalue weighted by molar-refractivity contribution is 5.30. The van der Waals surface area contributed by atoms with E-state index in [2.05, 4.69) is 4.98 Å². The zero-order chi connectivity index (χ0) is 10.3. The summed E-state index contributed by atoms with van der Waals surface area (Å²) in [5, 5.41) is 0. The number of hydrogen-bond acceptors (Lipinski definition) is 2. The van der Waals surface area contributed by atoms with Gasteiger partial charge in [-0.05, 0) is 25.5 Å². The minimum absolute atomic E-state index is 0.0154. The number of aryl methyl sites for hydroxylation is 2. The Morgan fingerprint density at radius 1 is 1.50 bits per heavy atom. The van der Waals surface area contributed by atoms with Gasteiger partial charge in [-0.15, -0.1) is 0 Å². The van der Waals surface area contributed by atoms with Crippen molar-refractivity contribution < 1.29 is 4.39 Å². The van der Waals surface area contributed by atoms with Crippen LogP contribution in [0.1, 0.15) is 29.7 Å². The van der Waals surface area contributed by atoms with Crippen LogP contribution < -0.4 is 5.73 Å². The fourth-order valence-electron chi connectivity index (χ4n) is 1.90. The molecular weight excluding hydrogens is 179 g/mol. The van der Waals surface area contributed by atoms with Crippen LogP contribution in [0, 0.1) is 13.8 Å². The molecule has 0 unspecified atom stereocenters. The molecule has 1 heterocycles.